The Hall–Kier alpha value is -4.73. The van der Waals surface area contributed by atoms with Crippen molar-refractivity contribution in [2.24, 2.45) is 5.10 Å². The number of fused-ring (bicyclic) bond motifs is 1. The number of aromatic nitrogens is 2. The van der Waals surface area contributed by atoms with Crippen molar-refractivity contribution in [3.63, 3.8) is 0 Å². The molecule has 0 aliphatic heterocycles. The van der Waals surface area contributed by atoms with E-state index in [9.17, 15) is 14.9 Å². The number of ether oxygens (including phenoxy) is 2. The van der Waals surface area contributed by atoms with E-state index in [2.05, 4.69) is 18.9 Å². The summed E-state index contributed by atoms with van der Waals surface area (Å²) < 4.78 is 12.6. The Bertz CT molecular complexity index is 1990. The highest BCUT2D eigenvalue weighted by molar-refractivity contribution is 6.35. The molecule has 0 aliphatic carbocycles. The molecule has 0 N–H and O–H groups in total. The first-order valence-corrected chi connectivity index (χ1v) is 14.4. The summed E-state index contributed by atoms with van der Waals surface area (Å²) >= 11 is 12.2. The third kappa shape index (κ3) is 6.29. The molecule has 11 heteroatoms. The molecule has 5 aromatic rings. The van der Waals surface area contributed by atoms with Crippen LogP contribution in [0.3, 0.4) is 0 Å². The number of halogens is 2. The fourth-order valence-corrected chi connectivity index (χ4v) is 5.23. The van der Waals surface area contributed by atoms with Crippen molar-refractivity contribution in [2.45, 2.75) is 33.3 Å². The SMILES string of the molecule is COc1cc(C)c(-c2nc3ccccc3c(=O)n2N=Cc2ccc(OCc3ccc(Cl)cc3Cl)c([N+](=O)[O-])c2)cc1C(C)C. The number of nitro groups is 1. The smallest absolute Gasteiger partial charge is 0.311 e. The quantitative estimate of drug-likeness (QED) is 0.0922. The average molecular weight is 632 g/mol. The molecule has 4 aromatic carbocycles. The van der Waals surface area contributed by atoms with Crippen molar-refractivity contribution in [1.82, 2.24) is 9.66 Å². The molecule has 0 saturated carbocycles. The molecule has 1 aromatic heterocycles. The zero-order chi connectivity index (χ0) is 31.5. The molecule has 0 spiro atoms. The largest absolute Gasteiger partial charge is 0.496 e. The van der Waals surface area contributed by atoms with Crippen LogP contribution in [0.5, 0.6) is 11.5 Å². The first kappa shape index (κ1) is 30.7. The van der Waals surface area contributed by atoms with Crippen molar-refractivity contribution in [3.8, 4) is 22.9 Å². The van der Waals surface area contributed by atoms with Crippen LogP contribution >= 0.6 is 23.2 Å². The van der Waals surface area contributed by atoms with Crippen molar-refractivity contribution < 1.29 is 14.4 Å². The summed E-state index contributed by atoms with van der Waals surface area (Å²) in [6, 6.07) is 20.3. The summed E-state index contributed by atoms with van der Waals surface area (Å²) in [5.41, 5.74) is 3.40. The summed E-state index contributed by atoms with van der Waals surface area (Å²) in [5.74, 6) is 1.28. The molecule has 9 nitrogen and oxygen atoms in total. The fourth-order valence-electron chi connectivity index (χ4n) is 4.77. The first-order valence-electron chi connectivity index (χ1n) is 13.7. The van der Waals surface area contributed by atoms with Gasteiger partial charge in [-0.15, -0.1) is 0 Å². The predicted octanol–water partition coefficient (Wildman–Crippen LogP) is 8.18. The van der Waals surface area contributed by atoms with Gasteiger partial charge in [0.25, 0.3) is 5.56 Å². The van der Waals surface area contributed by atoms with Gasteiger partial charge in [-0.05, 0) is 72.5 Å². The van der Waals surface area contributed by atoms with Crippen LogP contribution in [0.4, 0.5) is 5.69 Å². The molecule has 0 fully saturated rings. The molecule has 224 valence electrons. The molecule has 0 bridgehead atoms. The van der Waals surface area contributed by atoms with Crippen LogP contribution in [-0.4, -0.2) is 27.9 Å². The first-order chi connectivity index (χ1) is 21.1. The lowest BCUT2D eigenvalue weighted by Crippen LogP contribution is -2.20. The third-order valence-corrected chi connectivity index (χ3v) is 7.68. The van der Waals surface area contributed by atoms with Gasteiger partial charge in [-0.3, -0.25) is 14.9 Å². The van der Waals surface area contributed by atoms with Gasteiger partial charge in [0.15, 0.2) is 11.6 Å². The number of rotatable bonds is 9. The van der Waals surface area contributed by atoms with Crippen LogP contribution in [0.2, 0.25) is 10.0 Å². The number of nitro benzene ring substituents is 1. The number of hydrogen-bond donors (Lipinski definition) is 0. The molecule has 0 radical (unpaired) electrons. The highest BCUT2D eigenvalue weighted by Gasteiger charge is 2.20. The molecule has 44 heavy (non-hydrogen) atoms. The van der Waals surface area contributed by atoms with Crippen molar-refractivity contribution in [1.29, 1.82) is 0 Å². The average Bonchev–Trinajstić information content (AvgIpc) is 3.00. The minimum Gasteiger partial charge on any atom is -0.496 e. The maximum Gasteiger partial charge on any atom is 0.311 e. The zero-order valence-electron chi connectivity index (χ0n) is 24.4. The second-order valence-corrected chi connectivity index (χ2v) is 11.2. The number of nitrogens with zero attached hydrogens (tertiary/aromatic N) is 4. The normalized spacial score (nSPS) is 11.4. The van der Waals surface area contributed by atoms with Crippen LogP contribution in [0.25, 0.3) is 22.3 Å². The van der Waals surface area contributed by atoms with Gasteiger partial charge in [0.1, 0.15) is 12.4 Å². The van der Waals surface area contributed by atoms with E-state index < -0.39 is 4.92 Å². The molecule has 5 rings (SSSR count). The van der Waals surface area contributed by atoms with Gasteiger partial charge >= 0.3 is 5.69 Å². The number of benzene rings is 4. The van der Waals surface area contributed by atoms with Crippen LogP contribution in [0, 0.1) is 17.0 Å². The lowest BCUT2D eigenvalue weighted by molar-refractivity contribution is -0.385. The lowest BCUT2D eigenvalue weighted by Gasteiger charge is -2.17. The lowest BCUT2D eigenvalue weighted by atomic mass is 9.96. The monoisotopic (exact) mass is 630 g/mol. The summed E-state index contributed by atoms with van der Waals surface area (Å²) in [6.07, 6.45) is 1.39. The predicted molar refractivity (Wildman–Crippen MR) is 174 cm³/mol. The third-order valence-electron chi connectivity index (χ3n) is 7.09. The van der Waals surface area contributed by atoms with E-state index in [0.29, 0.717) is 43.5 Å². The molecule has 1 heterocycles. The number of aryl methyl sites for hydroxylation is 1. The Morgan fingerprint density at radius 2 is 1.82 bits per heavy atom. The standard InChI is InChI=1S/C33H28Cl2N4O5/c1-19(2)25-16-26(20(3)13-31(25)43-4)32-37-28-8-6-5-7-24(28)33(40)38(32)36-17-21-9-12-30(29(14-21)39(41)42)44-18-22-10-11-23(34)15-27(22)35/h5-17,19H,18H2,1-4H3. The van der Waals surface area contributed by atoms with Crippen LogP contribution < -0.4 is 15.0 Å². The van der Waals surface area contributed by atoms with Crippen molar-refractivity contribution in [2.75, 3.05) is 7.11 Å². The van der Waals surface area contributed by atoms with E-state index in [-0.39, 0.29) is 29.5 Å². The Morgan fingerprint density at radius 3 is 2.52 bits per heavy atom. The van der Waals surface area contributed by atoms with E-state index in [4.69, 9.17) is 37.7 Å². The topological polar surface area (TPSA) is 109 Å². The molecule has 0 unspecified atom stereocenters. The Labute approximate surface area is 263 Å². The van der Waals surface area contributed by atoms with Crippen LogP contribution in [-0.2, 0) is 6.61 Å². The molecule has 0 amide bonds. The van der Waals surface area contributed by atoms with Gasteiger partial charge in [0, 0.05) is 32.8 Å². The van der Waals surface area contributed by atoms with Crippen LogP contribution in [0.15, 0.2) is 82.7 Å². The second-order valence-electron chi connectivity index (χ2n) is 10.4. The van der Waals surface area contributed by atoms with Gasteiger partial charge in [0.05, 0.1) is 29.2 Å². The maximum absolute atomic E-state index is 13.7. The number of hydrogen-bond acceptors (Lipinski definition) is 7. The Kier molecular flexibility index (Phi) is 8.98. The van der Waals surface area contributed by atoms with E-state index in [0.717, 1.165) is 16.9 Å². The van der Waals surface area contributed by atoms with E-state index in [1.54, 1.807) is 49.6 Å². The number of para-hydroxylation sites is 1. The highest BCUT2D eigenvalue weighted by atomic mass is 35.5. The highest BCUT2D eigenvalue weighted by Crippen LogP contribution is 2.34. The van der Waals surface area contributed by atoms with Crippen molar-refractivity contribution >= 4 is 46.0 Å². The summed E-state index contributed by atoms with van der Waals surface area (Å²) in [6.45, 7) is 6.03. The van der Waals surface area contributed by atoms with Gasteiger partial charge in [-0.25, -0.2) is 4.98 Å². The van der Waals surface area contributed by atoms with Gasteiger partial charge in [-0.1, -0.05) is 55.2 Å². The molecule has 0 atom stereocenters. The Morgan fingerprint density at radius 1 is 1.05 bits per heavy atom. The molecule has 0 aliphatic rings. The maximum atomic E-state index is 13.7. The van der Waals surface area contributed by atoms with E-state index >= 15 is 0 Å². The van der Waals surface area contributed by atoms with Gasteiger partial charge in [-0.2, -0.15) is 9.78 Å². The van der Waals surface area contributed by atoms with Crippen molar-refractivity contribution in [3.05, 3.63) is 126 Å². The molecular weight excluding hydrogens is 603 g/mol. The minimum atomic E-state index is -0.542. The van der Waals surface area contributed by atoms with E-state index in [1.807, 2.05) is 25.1 Å². The van der Waals surface area contributed by atoms with Gasteiger partial charge < -0.3 is 9.47 Å². The summed E-state index contributed by atoms with van der Waals surface area (Å²) in [4.78, 5) is 30.0. The Balaban J connectivity index is 1.57. The minimum absolute atomic E-state index is 0.00533. The second kappa shape index (κ2) is 12.9. The van der Waals surface area contributed by atoms with Crippen LogP contribution in [0.1, 0.15) is 42.0 Å². The molecule has 0 saturated heterocycles. The summed E-state index contributed by atoms with van der Waals surface area (Å²) in [5, 5.41) is 17.7. The summed E-state index contributed by atoms with van der Waals surface area (Å²) in [7, 11) is 1.62. The van der Waals surface area contributed by atoms with Gasteiger partial charge in [0.2, 0.25) is 0 Å². The fraction of sp³-hybridized carbons (Fsp3) is 0.182. The zero-order valence-corrected chi connectivity index (χ0v) is 25.9. The van der Waals surface area contributed by atoms with E-state index in [1.165, 1.54) is 23.0 Å². The molecular formula is C33H28Cl2N4O5. The number of methoxy groups -OCH3 is 1.